The van der Waals surface area contributed by atoms with E-state index in [4.69, 9.17) is 58.8 Å². The highest BCUT2D eigenvalue weighted by molar-refractivity contribution is 8.22. The number of benzene rings is 1. The van der Waals surface area contributed by atoms with Crippen molar-refractivity contribution in [3.63, 3.8) is 0 Å². The quantitative estimate of drug-likeness (QED) is 0.138. The number of ether oxygens (including phenoxy) is 4. The molecule has 5 rings (SSSR count). The Bertz CT molecular complexity index is 1530. The number of thioether (sulfide) groups is 1. The standard InChI is InChI=1S/C30H39Cl2N3O5S2Si/c1-28(2,3)43(8,9)36-15-17-14-18(31)10-11-19(17)21(37-27(41)42-7)22-30(6)23(39-29(4,5)40-30)26(38-22)35-13-12-20-24(32)33-16-34-25(20)35/h10-14,16,21-23,26H,15H2,1-9H3/t21?,22-,23+,26-,30-/m1/s1. The van der Waals surface area contributed by atoms with E-state index in [2.05, 4.69) is 43.8 Å². The van der Waals surface area contributed by atoms with Gasteiger partial charge in [-0.1, -0.05) is 61.8 Å². The van der Waals surface area contributed by atoms with Crippen LogP contribution in [0.25, 0.3) is 11.0 Å². The number of hydrogen-bond donors (Lipinski definition) is 0. The van der Waals surface area contributed by atoms with Gasteiger partial charge in [-0.05, 0) is 81.1 Å². The van der Waals surface area contributed by atoms with Crippen molar-refractivity contribution in [2.45, 2.75) is 102 Å². The van der Waals surface area contributed by atoms with Gasteiger partial charge in [-0.3, -0.25) is 0 Å². The van der Waals surface area contributed by atoms with Crippen LogP contribution in [0.15, 0.2) is 36.8 Å². The summed E-state index contributed by atoms with van der Waals surface area (Å²) in [6.45, 7) is 17.3. The second-order valence-electron chi connectivity index (χ2n) is 13.2. The van der Waals surface area contributed by atoms with Crippen LogP contribution in [0.2, 0.25) is 28.3 Å². The molecule has 0 N–H and O–H groups in total. The van der Waals surface area contributed by atoms with Gasteiger partial charge in [-0.25, -0.2) is 9.97 Å². The number of rotatable bonds is 7. The SMILES string of the molecule is CSC(=S)OC(c1ccc(Cl)cc1CO[Si](C)(C)C(C)(C)C)[C@H]1O[C@@H](n2ccc3c(Cl)ncnc32)[C@@H]2OC(C)(C)O[C@]12C. The van der Waals surface area contributed by atoms with Crippen LogP contribution in [0.1, 0.15) is 65.0 Å². The van der Waals surface area contributed by atoms with Crippen LogP contribution < -0.4 is 0 Å². The van der Waals surface area contributed by atoms with E-state index in [1.54, 1.807) is 0 Å². The number of fused-ring (bicyclic) bond motifs is 2. The van der Waals surface area contributed by atoms with Crippen LogP contribution >= 0.6 is 47.2 Å². The second-order valence-corrected chi connectivity index (χ2v) is 20.2. The molecule has 2 aliphatic rings. The van der Waals surface area contributed by atoms with Gasteiger partial charge in [0, 0.05) is 16.8 Å². The van der Waals surface area contributed by atoms with Gasteiger partial charge in [0.25, 0.3) is 0 Å². The zero-order valence-electron chi connectivity index (χ0n) is 25.9. The Morgan fingerprint density at radius 3 is 2.58 bits per heavy atom. The summed E-state index contributed by atoms with van der Waals surface area (Å²) < 4.78 is 35.7. The monoisotopic (exact) mass is 683 g/mol. The maximum absolute atomic E-state index is 6.91. The molecule has 0 saturated carbocycles. The maximum Gasteiger partial charge on any atom is 0.220 e. The average molecular weight is 685 g/mol. The van der Waals surface area contributed by atoms with E-state index < -0.39 is 44.2 Å². The van der Waals surface area contributed by atoms with E-state index in [0.717, 1.165) is 16.5 Å². The van der Waals surface area contributed by atoms with E-state index in [1.807, 2.05) is 62.1 Å². The van der Waals surface area contributed by atoms with Crippen molar-refractivity contribution in [1.29, 1.82) is 0 Å². The van der Waals surface area contributed by atoms with E-state index in [0.29, 0.717) is 26.8 Å². The summed E-state index contributed by atoms with van der Waals surface area (Å²) in [6, 6.07) is 7.63. The molecule has 0 radical (unpaired) electrons. The lowest BCUT2D eigenvalue weighted by Gasteiger charge is -2.37. The van der Waals surface area contributed by atoms with Gasteiger partial charge in [-0.15, -0.1) is 0 Å². The minimum atomic E-state index is -2.08. The summed E-state index contributed by atoms with van der Waals surface area (Å²) in [4.78, 5) is 8.64. The Kier molecular flexibility index (Phi) is 9.10. The van der Waals surface area contributed by atoms with Crippen LogP contribution in [0, 0.1) is 0 Å². The fourth-order valence-corrected chi connectivity index (χ4v) is 7.21. The topological polar surface area (TPSA) is 76.9 Å². The van der Waals surface area contributed by atoms with Gasteiger partial charge >= 0.3 is 0 Å². The van der Waals surface area contributed by atoms with Gasteiger partial charge in [0.1, 0.15) is 34.9 Å². The molecule has 5 atom stereocenters. The first-order chi connectivity index (χ1) is 20.0. The van der Waals surface area contributed by atoms with Crippen LogP contribution in [-0.4, -0.2) is 57.1 Å². The molecule has 0 spiro atoms. The molecule has 43 heavy (non-hydrogen) atoms. The van der Waals surface area contributed by atoms with E-state index in [-0.39, 0.29) is 5.04 Å². The molecular weight excluding hydrogens is 645 g/mol. The molecule has 2 aromatic heterocycles. The molecule has 234 valence electrons. The van der Waals surface area contributed by atoms with E-state index >= 15 is 0 Å². The predicted molar refractivity (Wildman–Crippen MR) is 178 cm³/mol. The summed E-state index contributed by atoms with van der Waals surface area (Å²) in [7, 11) is -2.08. The predicted octanol–water partition coefficient (Wildman–Crippen LogP) is 8.47. The molecule has 2 saturated heterocycles. The van der Waals surface area contributed by atoms with Crippen molar-refractivity contribution in [2.24, 2.45) is 0 Å². The van der Waals surface area contributed by atoms with Crippen molar-refractivity contribution in [2.75, 3.05) is 6.26 Å². The van der Waals surface area contributed by atoms with Crippen LogP contribution in [0.5, 0.6) is 0 Å². The Labute approximate surface area is 274 Å². The summed E-state index contributed by atoms with van der Waals surface area (Å²) in [5, 5.41) is 1.73. The van der Waals surface area contributed by atoms with Crippen molar-refractivity contribution < 1.29 is 23.4 Å². The molecule has 8 nitrogen and oxygen atoms in total. The molecule has 1 unspecified atom stereocenters. The Hall–Kier alpha value is -1.28. The highest BCUT2D eigenvalue weighted by Crippen LogP contribution is 2.55. The van der Waals surface area contributed by atoms with Crippen molar-refractivity contribution in [1.82, 2.24) is 14.5 Å². The van der Waals surface area contributed by atoms with Gasteiger partial charge < -0.3 is 27.9 Å². The molecule has 0 bridgehead atoms. The van der Waals surface area contributed by atoms with Gasteiger partial charge in [0.2, 0.25) is 4.38 Å². The lowest BCUT2D eigenvalue weighted by molar-refractivity contribution is -0.222. The fraction of sp³-hybridized carbons (Fsp3) is 0.567. The average Bonchev–Trinajstić information content (AvgIpc) is 3.53. The normalized spacial score (nSPS) is 26.1. The summed E-state index contributed by atoms with van der Waals surface area (Å²) >= 11 is 19.9. The van der Waals surface area contributed by atoms with E-state index in [9.17, 15) is 0 Å². The smallest absolute Gasteiger partial charge is 0.220 e. The molecule has 13 heteroatoms. The summed E-state index contributed by atoms with van der Waals surface area (Å²) in [5.74, 6) is -0.881. The number of aromatic nitrogens is 3. The summed E-state index contributed by atoms with van der Waals surface area (Å²) in [6.07, 6.45) is 2.80. The third-order valence-corrected chi connectivity index (χ3v) is 14.8. The minimum Gasteiger partial charge on any atom is -0.467 e. The third kappa shape index (κ3) is 6.26. The van der Waals surface area contributed by atoms with Crippen molar-refractivity contribution in [3.05, 3.63) is 58.1 Å². The molecule has 2 fully saturated rings. The van der Waals surface area contributed by atoms with Crippen LogP contribution in [0.4, 0.5) is 0 Å². The number of halogens is 2. The molecule has 0 amide bonds. The Morgan fingerprint density at radius 1 is 1.19 bits per heavy atom. The lowest BCUT2D eigenvalue weighted by atomic mass is 9.86. The third-order valence-electron chi connectivity index (χ3n) is 8.76. The van der Waals surface area contributed by atoms with Crippen LogP contribution in [0.3, 0.4) is 0 Å². The lowest BCUT2D eigenvalue weighted by Crippen LogP contribution is -2.47. The number of nitrogens with zero attached hydrogens (tertiary/aromatic N) is 3. The zero-order valence-corrected chi connectivity index (χ0v) is 30.1. The first-order valence-corrected chi connectivity index (χ1v) is 19.4. The van der Waals surface area contributed by atoms with Crippen molar-refractivity contribution in [3.8, 4) is 0 Å². The first kappa shape index (κ1) is 33.1. The minimum absolute atomic E-state index is 0.0388. The van der Waals surface area contributed by atoms with Gasteiger partial charge in [0.15, 0.2) is 26.4 Å². The highest BCUT2D eigenvalue weighted by Gasteiger charge is 2.66. The first-order valence-electron chi connectivity index (χ1n) is 14.1. The number of hydrogen-bond acceptors (Lipinski definition) is 9. The number of thiocarbonyl (C=S) groups is 1. The maximum atomic E-state index is 6.91. The molecule has 2 aliphatic heterocycles. The zero-order chi connectivity index (χ0) is 31.5. The van der Waals surface area contributed by atoms with E-state index in [1.165, 1.54) is 18.1 Å². The second kappa shape index (κ2) is 11.8. The van der Waals surface area contributed by atoms with Gasteiger partial charge in [0.05, 0.1) is 12.0 Å². The molecule has 4 heterocycles. The van der Waals surface area contributed by atoms with Gasteiger partial charge in [-0.2, -0.15) is 0 Å². The largest absolute Gasteiger partial charge is 0.467 e. The summed E-state index contributed by atoms with van der Waals surface area (Å²) in [5.41, 5.74) is 1.47. The molecule has 1 aromatic carbocycles. The Balaban J connectivity index is 1.61. The fourth-order valence-electron chi connectivity index (χ4n) is 5.57. The highest BCUT2D eigenvalue weighted by atomic mass is 35.5. The van der Waals surface area contributed by atoms with Crippen molar-refractivity contribution >= 4 is 70.9 Å². The molecule has 3 aromatic rings. The molecular formula is C30H39Cl2N3O5S2Si. The Morgan fingerprint density at radius 2 is 1.91 bits per heavy atom. The molecule has 0 aliphatic carbocycles. The van der Waals surface area contributed by atoms with Crippen LogP contribution in [-0.2, 0) is 30.0 Å².